The Morgan fingerprint density at radius 1 is 1.10 bits per heavy atom. The molecule has 41 heavy (non-hydrogen) atoms. The molecule has 3 rings (SSSR count). The lowest BCUT2D eigenvalue weighted by molar-refractivity contribution is -0.147. The van der Waals surface area contributed by atoms with Crippen LogP contribution >= 0.6 is 0 Å². The van der Waals surface area contributed by atoms with Crippen LogP contribution in [0, 0.1) is 0 Å². The Balaban J connectivity index is 1.69. The van der Waals surface area contributed by atoms with Crippen molar-refractivity contribution in [3.05, 3.63) is 36.0 Å². The number of aromatic nitrogens is 1. The molecule has 1 fully saturated rings. The number of aliphatic imine (C=N–C) groups is 1. The van der Waals surface area contributed by atoms with Gasteiger partial charge in [-0.05, 0) is 43.7 Å². The van der Waals surface area contributed by atoms with Gasteiger partial charge in [-0.2, -0.15) is 0 Å². The number of fused-ring (bicyclic) bond motifs is 1. The van der Waals surface area contributed by atoms with Crippen LogP contribution in [0.15, 0.2) is 35.5 Å². The molecule has 11 N–H and O–H groups in total. The normalized spacial score (nSPS) is 16.9. The van der Waals surface area contributed by atoms with Crippen LogP contribution in [0.2, 0.25) is 0 Å². The number of amides is 3. The average molecular weight is 573 g/mol. The van der Waals surface area contributed by atoms with Crippen LogP contribution in [0.3, 0.4) is 0 Å². The smallest absolute Gasteiger partial charge is 0.326 e. The first-order valence-electron chi connectivity index (χ1n) is 13.2. The fourth-order valence-corrected chi connectivity index (χ4v) is 4.83. The number of carboxylic acids is 2. The zero-order chi connectivity index (χ0) is 30.1. The zero-order valence-electron chi connectivity index (χ0n) is 22.4. The van der Waals surface area contributed by atoms with E-state index in [-0.39, 0.29) is 31.8 Å². The molecule has 15 nitrogen and oxygen atoms in total. The van der Waals surface area contributed by atoms with Gasteiger partial charge < -0.3 is 47.9 Å². The summed E-state index contributed by atoms with van der Waals surface area (Å²) < 4.78 is 0. The van der Waals surface area contributed by atoms with Crippen LogP contribution < -0.4 is 27.8 Å². The molecule has 222 valence electrons. The van der Waals surface area contributed by atoms with Crippen molar-refractivity contribution in [1.29, 1.82) is 0 Å². The van der Waals surface area contributed by atoms with Crippen molar-refractivity contribution >= 4 is 46.5 Å². The maximum Gasteiger partial charge on any atom is 0.326 e. The van der Waals surface area contributed by atoms with Gasteiger partial charge in [-0.25, -0.2) is 4.79 Å². The molecule has 1 aliphatic rings. The number of carbonyl (C=O) groups excluding carboxylic acids is 3. The summed E-state index contributed by atoms with van der Waals surface area (Å²) in [5, 5.41) is 24.0. The maximum atomic E-state index is 13.3. The van der Waals surface area contributed by atoms with E-state index in [0.717, 1.165) is 16.5 Å². The summed E-state index contributed by atoms with van der Waals surface area (Å²) >= 11 is 0. The summed E-state index contributed by atoms with van der Waals surface area (Å²) in [6.45, 7) is 0.440. The predicted molar refractivity (Wildman–Crippen MR) is 148 cm³/mol. The molecular formula is C26H36N8O7. The van der Waals surface area contributed by atoms with E-state index in [0.29, 0.717) is 19.4 Å². The standard InChI is InChI=1S/C26H36N8O7/c27-16(11-14-13-31-17-6-2-1-5-15(14)17)24(39)34-10-4-8-20(34)23(38)32-18(7-3-9-30-26(28)29)22(37)33-19(25(40)41)12-21(35)36/h1-2,5-6,13,16,18-20,31H,3-4,7-12,27H2,(H,32,38)(H,33,37)(H,35,36)(H,40,41)(H4,28,29,30). The lowest BCUT2D eigenvalue weighted by Crippen LogP contribution is -2.57. The molecule has 0 bridgehead atoms. The molecule has 15 heteroatoms. The molecule has 0 saturated carbocycles. The van der Waals surface area contributed by atoms with Crippen molar-refractivity contribution in [2.75, 3.05) is 13.1 Å². The minimum atomic E-state index is -1.70. The number of carboxylic acid groups (broad SMARTS) is 2. The van der Waals surface area contributed by atoms with Crippen LogP contribution in [-0.2, 0) is 30.4 Å². The van der Waals surface area contributed by atoms with Gasteiger partial charge in [0.2, 0.25) is 17.7 Å². The van der Waals surface area contributed by atoms with Crippen LogP contribution in [0.4, 0.5) is 0 Å². The molecule has 0 aliphatic carbocycles. The van der Waals surface area contributed by atoms with E-state index in [9.17, 15) is 29.1 Å². The number of rotatable bonds is 14. The summed E-state index contributed by atoms with van der Waals surface area (Å²) in [7, 11) is 0. The number of guanidine groups is 1. The zero-order valence-corrected chi connectivity index (χ0v) is 22.4. The van der Waals surface area contributed by atoms with Crippen molar-refractivity contribution in [2.24, 2.45) is 22.2 Å². The minimum absolute atomic E-state index is 0.0223. The Labute approximate surface area is 235 Å². The Hall–Kier alpha value is -4.66. The Morgan fingerprint density at radius 3 is 2.51 bits per heavy atom. The number of hydrogen-bond acceptors (Lipinski definition) is 7. The van der Waals surface area contributed by atoms with E-state index >= 15 is 0 Å². The van der Waals surface area contributed by atoms with Gasteiger partial charge in [0.1, 0.15) is 18.1 Å². The topological polar surface area (TPSA) is 259 Å². The molecule has 1 aromatic heterocycles. The van der Waals surface area contributed by atoms with Crippen molar-refractivity contribution in [2.45, 2.75) is 62.7 Å². The van der Waals surface area contributed by atoms with Crippen molar-refractivity contribution < 1.29 is 34.2 Å². The van der Waals surface area contributed by atoms with Crippen LogP contribution in [0.5, 0.6) is 0 Å². The van der Waals surface area contributed by atoms with Crippen molar-refractivity contribution in [1.82, 2.24) is 20.5 Å². The van der Waals surface area contributed by atoms with Gasteiger partial charge in [0.15, 0.2) is 5.96 Å². The number of likely N-dealkylation sites (tertiary alicyclic amines) is 1. The summed E-state index contributed by atoms with van der Waals surface area (Å²) in [6.07, 6.45) is 2.36. The Morgan fingerprint density at radius 2 is 1.83 bits per heavy atom. The summed E-state index contributed by atoms with van der Waals surface area (Å²) in [5.41, 5.74) is 18.7. The Kier molecular flexibility index (Phi) is 10.6. The number of aromatic amines is 1. The summed E-state index contributed by atoms with van der Waals surface area (Å²) in [5.74, 6) is -5.02. The highest BCUT2D eigenvalue weighted by atomic mass is 16.4. The number of carbonyl (C=O) groups is 5. The third-order valence-corrected chi connectivity index (χ3v) is 6.84. The van der Waals surface area contributed by atoms with Crippen molar-refractivity contribution in [3.8, 4) is 0 Å². The number of nitrogens with two attached hydrogens (primary N) is 3. The highest BCUT2D eigenvalue weighted by Crippen LogP contribution is 2.22. The SMILES string of the molecule is NC(N)=NCCCC(NC(=O)C1CCCN1C(=O)C(N)Cc1c[nH]c2ccccc12)C(=O)NC(CC(=O)O)C(=O)O. The number of benzene rings is 1. The van der Waals surface area contributed by atoms with Crippen LogP contribution in [-0.4, -0.2) is 93.0 Å². The second kappa shape index (κ2) is 14.1. The summed E-state index contributed by atoms with van der Waals surface area (Å²) in [6, 6.07) is 2.88. The first-order valence-corrected chi connectivity index (χ1v) is 13.2. The predicted octanol–water partition coefficient (Wildman–Crippen LogP) is -1.39. The highest BCUT2D eigenvalue weighted by Gasteiger charge is 2.38. The lowest BCUT2D eigenvalue weighted by Gasteiger charge is -2.28. The fraction of sp³-hybridized carbons (Fsp3) is 0.462. The molecule has 2 heterocycles. The third-order valence-electron chi connectivity index (χ3n) is 6.84. The number of hydrogen-bond donors (Lipinski definition) is 8. The number of nitrogens with one attached hydrogen (secondary N) is 3. The van der Waals surface area contributed by atoms with Gasteiger partial charge >= 0.3 is 11.9 Å². The van der Waals surface area contributed by atoms with E-state index < -0.39 is 60.2 Å². The molecular weight excluding hydrogens is 536 g/mol. The van der Waals surface area contributed by atoms with E-state index in [2.05, 4.69) is 20.6 Å². The van der Waals surface area contributed by atoms with Gasteiger partial charge in [-0.15, -0.1) is 0 Å². The van der Waals surface area contributed by atoms with Gasteiger partial charge in [0.05, 0.1) is 12.5 Å². The lowest BCUT2D eigenvalue weighted by atomic mass is 10.0. The van der Waals surface area contributed by atoms with E-state index in [1.54, 1.807) is 6.20 Å². The molecule has 0 radical (unpaired) electrons. The first-order chi connectivity index (χ1) is 19.5. The van der Waals surface area contributed by atoms with Gasteiger partial charge in [-0.1, -0.05) is 18.2 Å². The highest BCUT2D eigenvalue weighted by molar-refractivity contribution is 5.95. The van der Waals surface area contributed by atoms with E-state index in [4.69, 9.17) is 22.3 Å². The molecule has 1 saturated heterocycles. The van der Waals surface area contributed by atoms with Gasteiger partial charge in [0.25, 0.3) is 0 Å². The number of aliphatic carboxylic acids is 2. The molecule has 0 spiro atoms. The van der Waals surface area contributed by atoms with Crippen LogP contribution in [0.1, 0.15) is 37.7 Å². The fourth-order valence-electron chi connectivity index (χ4n) is 4.83. The van der Waals surface area contributed by atoms with Crippen molar-refractivity contribution in [3.63, 3.8) is 0 Å². The monoisotopic (exact) mass is 572 g/mol. The average Bonchev–Trinajstić information content (AvgIpc) is 3.57. The van der Waals surface area contributed by atoms with Gasteiger partial charge in [0, 0.05) is 30.2 Å². The molecule has 2 aromatic rings. The summed E-state index contributed by atoms with van der Waals surface area (Å²) in [4.78, 5) is 70.5. The van der Waals surface area contributed by atoms with E-state index in [1.165, 1.54) is 4.90 Å². The molecule has 1 aromatic carbocycles. The molecule has 3 amide bonds. The quantitative estimate of drug-likeness (QED) is 0.0746. The second-order valence-electron chi connectivity index (χ2n) is 9.87. The van der Waals surface area contributed by atoms with Crippen LogP contribution in [0.25, 0.3) is 10.9 Å². The number of nitrogens with zero attached hydrogens (tertiary/aromatic N) is 2. The minimum Gasteiger partial charge on any atom is -0.481 e. The molecule has 4 atom stereocenters. The Bertz CT molecular complexity index is 1310. The molecule has 4 unspecified atom stereocenters. The third kappa shape index (κ3) is 8.41. The van der Waals surface area contributed by atoms with Gasteiger partial charge in [-0.3, -0.25) is 24.2 Å². The number of H-pyrrole nitrogens is 1. The maximum absolute atomic E-state index is 13.3. The van der Waals surface area contributed by atoms with E-state index in [1.807, 2.05) is 24.3 Å². The number of para-hydroxylation sites is 1. The first kappa shape index (κ1) is 30.9. The second-order valence-corrected chi connectivity index (χ2v) is 9.87. The molecule has 1 aliphatic heterocycles. The largest absolute Gasteiger partial charge is 0.481 e.